The molecule has 0 aliphatic carbocycles. The van der Waals surface area contributed by atoms with Crippen molar-refractivity contribution >= 4 is 5.97 Å². The van der Waals surface area contributed by atoms with Gasteiger partial charge in [0.1, 0.15) is 11.9 Å². The first-order valence-corrected chi connectivity index (χ1v) is 6.59. The Bertz CT molecular complexity index is 452. The maximum Gasteiger partial charge on any atom is 0.341 e. The molecule has 1 saturated heterocycles. The second kappa shape index (κ2) is 5.21. The van der Waals surface area contributed by atoms with Crippen molar-refractivity contribution < 1.29 is 19.0 Å². The summed E-state index contributed by atoms with van der Waals surface area (Å²) in [6, 6.07) is 7.63. The number of carbonyl (C=O) groups is 1. The molecule has 104 valence electrons. The summed E-state index contributed by atoms with van der Waals surface area (Å²) in [6.45, 7) is 7.88. The van der Waals surface area contributed by atoms with Crippen LogP contribution in [0.25, 0.3) is 0 Å². The first kappa shape index (κ1) is 13.9. The molecular formula is C15H20O4. The van der Waals surface area contributed by atoms with Crippen LogP contribution >= 0.6 is 0 Å². The molecule has 1 aliphatic heterocycles. The monoisotopic (exact) mass is 264 g/mol. The predicted molar refractivity (Wildman–Crippen MR) is 71.1 cm³/mol. The van der Waals surface area contributed by atoms with Crippen LogP contribution in [0.15, 0.2) is 24.3 Å². The van der Waals surface area contributed by atoms with Crippen molar-refractivity contribution in [2.45, 2.75) is 45.5 Å². The van der Waals surface area contributed by atoms with Crippen molar-refractivity contribution in [3.8, 4) is 5.75 Å². The zero-order valence-electron chi connectivity index (χ0n) is 11.8. The van der Waals surface area contributed by atoms with Gasteiger partial charge in [-0.2, -0.15) is 0 Å². The number of esters is 1. The summed E-state index contributed by atoms with van der Waals surface area (Å²) in [5, 5.41) is 0. The molecule has 2 unspecified atom stereocenters. The van der Waals surface area contributed by atoms with E-state index in [4.69, 9.17) is 14.2 Å². The van der Waals surface area contributed by atoms with Gasteiger partial charge in [0.15, 0.2) is 5.60 Å². The van der Waals surface area contributed by atoms with Crippen molar-refractivity contribution in [2.75, 3.05) is 6.61 Å². The van der Waals surface area contributed by atoms with Crippen molar-refractivity contribution in [2.24, 2.45) is 0 Å². The standard InChI is InChI=1S/C15H20O4/c1-5-17-14(16)15(4)13(19-15)11-6-8-12(9-7-11)18-10(2)3/h6-10,13H,5H2,1-4H3. The second-order valence-electron chi connectivity index (χ2n) is 5.06. The van der Waals surface area contributed by atoms with Crippen molar-refractivity contribution in [3.63, 3.8) is 0 Å². The van der Waals surface area contributed by atoms with E-state index in [-0.39, 0.29) is 18.2 Å². The van der Waals surface area contributed by atoms with Gasteiger partial charge in [-0.1, -0.05) is 12.1 Å². The minimum Gasteiger partial charge on any atom is -0.491 e. The highest BCUT2D eigenvalue weighted by Gasteiger charge is 2.60. The van der Waals surface area contributed by atoms with E-state index in [0.29, 0.717) is 6.61 Å². The molecular weight excluding hydrogens is 244 g/mol. The quantitative estimate of drug-likeness (QED) is 0.606. The van der Waals surface area contributed by atoms with E-state index in [1.54, 1.807) is 13.8 Å². The molecule has 1 aromatic carbocycles. The second-order valence-corrected chi connectivity index (χ2v) is 5.06. The minimum atomic E-state index is -0.837. The molecule has 0 radical (unpaired) electrons. The Labute approximate surface area is 113 Å². The zero-order valence-corrected chi connectivity index (χ0v) is 11.8. The fourth-order valence-corrected chi connectivity index (χ4v) is 2.02. The Morgan fingerprint density at radius 2 is 2.00 bits per heavy atom. The summed E-state index contributed by atoms with van der Waals surface area (Å²) in [4.78, 5) is 11.8. The van der Waals surface area contributed by atoms with E-state index >= 15 is 0 Å². The summed E-state index contributed by atoms with van der Waals surface area (Å²) in [7, 11) is 0. The van der Waals surface area contributed by atoms with Gasteiger partial charge >= 0.3 is 5.97 Å². The minimum absolute atomic E-state index is 0.146. The lowest BCUT2D eigenvalue weighted by Crippen LogP contribution is -2.24. The molecule has 0 spiro atoms. The van der Waals surface area contributed by atoms with Crippen molar-refractivity contribution in [1.82, 2.24) is 0 Å². The molecule has 0 saturated carbocycles. The Morgan fingerprint density at radius 3 is 2.53 bits per heavy atom. The van der Waals surface area contributed by atoms with Gasteiger partial charge in [0.2, 0.25) is 0 Å². The molecule has 0 amide bonds. The maximum absolute atomic E-state index is 11.8. The third kappa shape index (κ3) is 2.89. The van der Waals surface area contributed by atoms with Gasteiger partial charge in [-0.05, 0) is 45.4 Å². The summed E-state index contributed by atoms with van der Waals surface area (Å²) < 4.78 is 16.1. The van der Waals surface area contributed by atoms with Gasteiger partial charge < -0.3 is 14.2 Å². The third-order valence-corrected chi connectivity index (χ3v) is 3.04. The van der Waals surface area contributed by atoms with E-state index in [0.717, 1.165) is 11.3 Å². The van der Waals surface area contributed by atoms with Crippen molar-refractivity contribution in [1.29, 1.82) is 0 Å². The smallest absolute Gasteiger partial charge is 0.341 e. The number of carbonyl (C=O) groups excluding carboxylic acids is 1. The lowest BCUT2D eigenvalue weighted by molar-refractivity contribution is -0.148. The summed E-state index contributed by atoms with van der Waals surface area (Å²) in [5.74, 6) is 0.514. The van der Waals surface area contributed by atoms with Crippen LogP contribution in [0.4, 0.5) is 0 Å². The molecule has 4 nitrogen and oxygen atoms in total. The number of rotatable bonds is 5. The molecule has 0 N–H and O–H groups in total. The van der Waals surface area contributed by atoms with Crippen LogP contribution in [0.5, 0.6) is 5.75 Å². The Kier molecular flexibility index (Phi) is 3.80. The summed E-state index contributed by atoms with van der Waals surface area (Å²) in [5.41, 5.74) is 0.128. The highest BCUT2D eigenvalue weighted by molar-refractivity contribution is 5.83. The first-order chi connectivity index (χ1) is 8.97. The maximum atomic E-state index is 11.8. The lowest BCUT2D eigenvalue weighted by Gasteiger charge is -2.10. The average molecular weight is 264 g/mol. The van der Waals surface area contributed by atoms with Crippen LogP contribution in [-0.4, -0.2) is 24.3 Å². The number of benzene rings is 1. The molecule has 19 heavy (non-hydrogen) atoms. The Balaban J connectivity index is 2.03. The lowest BCUT2D eigenvalue weighted by atomic mass is 10.0. The largest absolute Gasteiger partial charge is 0.491 e. The first-order valence-electron chi connectivity index (χ1n) is 6.59. The normalized spacial score (nSPS) is 25.2. The molecule has 0 bridgehead atoms. The average Bonchev–Trinajstić information content (AvgIpc) is 3.04. The number of epoxide rings is 1. The Morgan fingerprint density at radius 1 is 1.37 bits per heavy atom. The number of ether oxygens (including phenoxy) is 3. The molecule has 0 aromatic heterocycles. The van der Waals surface area contributed by atoms with Gasteiger partial charge in [-0.3, -0.25) is 0 Å². The summed E-state index contributed by atoms with van der Waals surface area (Å²) >= 11 is 0. The zero-order chi connectivity index (χ0) is 14.0. The molecule has 2 rings (SSSR count). The van der Waals surface area contributed by atoms with Crippen LogP contribution < -0.4 is 4.74 Å². The van der Waals surface area contributed by atoms with Gasteiger partial charge in [-0.25, -0.2) is 4.79 Å². The molecule has 1 aliphatic rings. The van der Waals surface area contributed by atoms with Crippen molar-refractivity contribution in [3.05, 3.63) is 29.8 Å². The molecule has 2 atom stereocenters. The molecule has 4 heteroatoms. The highest BCUT2D eigenvalue weighted by Crippen LogP contribution is 2.50. The SMILES string of the molecule is CCOC(=O)C1(C)OC1c1ccc(OC(C)C)cc1. The summed E-state index contributed by atoms with van der Waals surface area (Å²) in [6.07, 6.45) is -0.0764. The van der Waals surface area contributed by atoms with Gasteiger partial charge in [0.05, 0.1) is 12.7 Å². The number of hydrogen-bond acceptors (Lipinski definition) is 4. The van der Waals surface area contributed by atoms with E-state index < -0.39 is 5.60 Å². The number of hydrogen-bond donors (Lipinski definition) is 0. The van der Waals surface area contributed by atoms with E-state index in [1.165, 1.54) is 0 Å². The van der Waals surface area contributed by atoms with E-state index in [9.17, 15) is 4.79 Å². The van der Waals surface area contributed by atoms with E-state index in [1.807, 2.05) is 38.1 Å². The topological polar surface area (TPSA) is 48.1 Å². The van der Waals surface area contributed by atoms with Gasteiger partial charge in [-0.15, -0.1) is 0 Å². The van der Waals surface area contributed by atoms with Crippen LogP contribution in [0.1, 0.15) is 39.4 Å². The van der Waals surface area contributed by atoms with Gasteiger partial charge in [0.25, 0.3) is 0 Å². The third-order valence-electron chi connectivity index (χ3n) is 3.04. The Hall–Kier alpha value is -1.55. The van der Waals surface area contributed by atoms with E-state index in [2.05, 4.69) is 0 Å². The molecule has 1 aromatic rings. The fourth-order valence-electron chi connectivity index (χ4n) is 2.02. The van der Waals surface area contributed by atoms with Crippen LogP contribution in [0.2, 0.25) is 0 Å². The van der Waals surface area contributed by atoms with Crippen LogP contribution in [0.3, 0.4) is 0 Å². The van der Waals surface area contributed by atoms with Crippen LogP contribution in [-0.2, 0) is 14.3 Å². The molecule has 1 fully saturated rings. The predicted octanol–water partition coefficient (Wildman–Crippen LogP) is 2.87. The fraction of sp³-hybridized carbons (Fsp3) is 0.533. The molecule has 1 heterocycles. The highest BCUT2D eigenvalue weighted by atomic mass is 16.7. The van der Waals surface area contributed by atoms with Gasteiger partial charge in [0, 0.05) is 0 Å². The van der Waals surface area contributed by atoms with Crippen LogP contribution in [0, 0.1) is 0 Å².